The lowest BCUT2D eigenvalue weighted by atomic mass is 9.93. The molecular weight excluding hydrogens is 357 g/mol. The Morgan fingerprint density at radius 3 is 2.25 bits per heavy atom. The van der Waals surface area contributed by atoms with Gasteiger partial charge in [0.05, 0.1) is 11.4 Å². The van der Waals surface area contributed by atoms with Crippen molar-refractivity contribution in [2.75, 3.05) is 0 Å². The maximum Gasteiger partial charge on any atom is 0.310 e. The number of benzene rings is 2. The molecule has 150 valence electrons. The standard InChI is InChI=1S/C21H22FNO3.C2H6/c1-11(2)20-19(13(4)21(25)26)16-10-15(24)6-8-18(16)23(20)14-5-7-17(22)12(3)9-14;1-2/h5-11,13,24H,1-4H3,(H,25,26);1-2H3. The van der Waals surface area contributed by atoms with Crippen molar-refractivity contribution in [1.82, 2.24) is 4.57 Å². The smallest absolute Gasteiger partial charge is 0.310 e. The first-order valence-corrected chi connectivity index (χ1v) is 9.59. The fourth-order valence-electron chi connectivity index (χ4n) is 3.52. The Bertz CT molecular complexity index is 1000. The van der Waals surface area contributed by atoms with E-state index < -0.39 is 11.9 Å². The topological polar surface area (TPSA) is 62.5 Å². The summed E-state index contributed by atoms with van der Waals surface area (Å²) in [5.41, 5.74) is 3.62. The maximum absolute atomic E-state index is 13.8. The number of aromatic nitrogens is 1. The van der Waals surface area contributed by atoms with Crippen LogP contribution in [0.5, 0.6) is 5.75 Å². The summed E-state index contributed by atoms with van der Waals surface area (Å²) in [5, 5.41) is 20.3. The largest absolute Gasteiger partial charge is 0.508 e. The summed E-state index contributed by atoms with van der Waals surface area (Å²) >= 11 is 0. The minimum Gasteiger partial charge on any atom is -0.508 e. The molecule has 28 heavy (non-hydrogen) atoms. The van der Waals surface area contributed by atoms with Gasteiger partial charge in [-0.3, -0.25) is 4.79 Å². The molecule has 0 radical (unpaired) electrons. The summed E-state index contributed by atoms with van der Waals surface area (Å²) in [6.45, 7) is 11.3. The van der Waals surface area contributed by atoms with E-state index >= 15 is 0 Å². The Balaban J connectivity index is 0.00000136. The lowest BCUT2D eigenvalue weighted by Gasteiger charge is -2.17. The highest BCUT2D eigenvalue weighted by atomic mass is 19.1. The molecule has 2 aromatic carbocycles. The second-order valence-electron chi connectivity index (χ2n) is 6.98. The number of rotatable bonds is 4. The third-order valence-corrected chi connectivity index (χ3v) is 4.78. The molecular formula is C23H28FNO3. The van der Waals surface area contributed by atoms with Crippen LogP contribution in [0, 0.1) is 12.7 Å². The Labute approximate surface area is 165 Å². The minimum atomic E-state index is -0.926. The Morgan fingerprint density at radius 2 is 1.71 bits per heavy atom. The fourth-order valence-corrected chi connectivity index (χ4v) is 3.52. The second-order valence-corrected chi connectivity index (χ2v) is 6.98. The van der Waals surface area contributed by atoms with E-state index in [1.54, 1.807) is 44.2 Å². The van der Waals surface area contributed by atoms with E-state index in [9.17, 15) is 19.4 Å². The van der Waals surface area contributed by atoms with Crippen molar-refractivity contribution in [2.45, 2.75) is 53.4 Å². The summed E-state index contributed by atoms with van der Waals surface area (Å²) in [7, 11) is 0. The predicted molar refractivity (Wildman–Crippen MR) is 111 cm³/mol. The SMILES string of the molecule is CC.Cc1cc(-n2c(C(C)C)c(C(C)C(=O)O)c3cc(O)ccc32)ccc1F. The first kappa shape index (κ1) is 21.5. The molecule has 1 atom stereocenters. The van der Waals surface area contributed by atoms with Crippen molar-refractivity contribution in [3.63, 3.8) is 0 Å². The van der Waals surface area contributed by atoms with Crippen molar-refractivity contribution < 1.29 is 19.4 Å². The molecule has 0 saturated heterocycles. The molecule has 1 aromatic heterocycles. The fraction of sp³-hybridized carbons (Fsp3) is 0.348. The summed E-state index contributed by atoms with van der Waals surface area (Å²) in [4.78, 5) is 11.7. The van der Waals surface area contributed by atoms with E-state index in [-0.39, 0.29) is 17.5 Å². The number of hydrogen-bond acceptors (Lipinski definition) is 2. The van der Waals surface area contributed by atoms with Crippen LogP contribution in [0.25, 0.3) is 16.6 Å². The van der Waals surface area contributed by atoms with E-state index in [1.165, 1.54) is 6.07 Å². The average molecular weight is 385 g/mol. The lowest BCUT2D eigenvalue weighted by Crippen LogP contribution is -2.12. The number of fused-ring (bicyclic) bond motifs is 1. The van der Waals surface area contributed by atoms with Gasteiger partial charge in [0, 0.05) is 16.8 Å². The predicted octanol–water partition coefficient (Wildman–Crippen LogP) is 6.12. The number of carboxylic acids is 1. The van der Waals surface area contributed by atoms with Gasteiger partial charge in [-0.25, -0.2) is 4.39 Å². The van der Waals surface area contributed by atoms with Crippen LogP contribution in [-0.2, 0) is 4.79 Å². The molecule has 3 aromatic rings. The van der Waals surface area contributed by atoms with Crippen LogP contribution in [-0.4, -0.2) is 20.7 Å². The van der Waals surface area contributed by atoms with Crippen LogP contribution in [0.2, 0.25) is 0 Å². The number of aliphatic carboxylic acids is 1. The quantitative estimate of drug-likeness (QED) is 0.568. The number of phenolic OH excluding ortho intramolecular Hbond substituents is 1. The molecule has 3 rings (SSSR count). The number of halogens is 1. The van der Waals surface area contributed by atoms with Gasteiger partial charge < -0.3 is 14.8 Å². The number of aryl methyl sites for hydroxylation is 1. The van der Waals surface area contributed by atoms with Crippen molar-refractivity contribution >= 4 is 16.9 Å². The summed E-state index contributed by atoms with van der Waals surface area (Å²) < 4.78 is 15.7. The van der Waals surface area contributed by atoms with Crippen LogP contribution in [0.1, 0.15) is 63.3 Å². The van der Waals surface area contributed by atoms with Gasteiger partial charge in [0.1, 0.15) is 11.6 Å². The molecule has 0 bridgehead atoms. The molecule has 2 N–H and O–H groups in total. The third-order valence-electron chi connectivity index (χ3n) is 4.78. The molecule has 1 unspecified atom stereocenters. The van der Waals surface area contributed by atoms with E-state index in [0.717, 1.165) is 16.9 Å². The van der Waals surface area contributed by atoms with Crippen molar-refractivity contribution in [3.8, 4) is 11.4 Å². The molecule has 5 heteroatoms. The number of phenols is 1. The zero-order valence-corrected chi connectivity index (χ0v) is 17.2. The van der Waals surface area contributed by atoms with Crippen molar-refractivity contribution in [3.05, 3.63) is 59.0 Å². The number of hydrogen-bond donors (Lipinski definition) is 2. The second kappa shape index (κ2) is 8.46. The van der Waals surface area contributed by atoms with Crippen LogP contribution in [0.3, 0.4) is 0 Å². The number of aromatic hydroxyl groups is 1. The third kappa shape index (κ3) is 3.75. The molecule has 0 saturated carbocycles. The summed E-state index contributed by atoms with van der Waals surface area (Å²) in [6, 6.07) is 9.81. The average Bonchev–Trinajstić information content (AvgIpc) is 2.99. The minimum absolute atomic E-state index is 0.0340. The number of carboxylic acid groups (broad SMARTS) is 1. The first-order chi connectivity index (χ1) is 13.2. The van der Waals surface area contributed by atoms with Gasteiger partial charge in [-0.2, -0.15) is 0 Å². The van der Waals surface area contributed by atoms with Gasteiger partial charge in [0.25, 0.3) is 0 Å². The molecule has 4 nitrogen and oxygen atoms in total. The highest BCUT2D eigenvalue weighted by Crippen LogP contribution is 2.39. The van der Waals surface area contributed by atoms with Crippen LogP contribution in [0.4, 0.5) is 4.39 Å². The molecule has 0 aliphatic rings. The molecule has 0 aliphatic carbocycles. The number of carbonyl (C=O) groups is 1. The van der Waals surface area contributed by atoms with Gasteiger partial charge >= 0.3 is 5.97 Å². The van der Waals surface area contributed by atoms with E-state index in [2.05, 4.69) is 0 Å². The maximum atomic E-state index is 13.8. The van der Waals surface area contributed by atoms with Gasteiger partial charge in [-0.05, 0) is 67.3 Å². The monoisotopic (exact) mass is 385 g/mol. The molecule has 1 heterocycles. The van der Waals surface area contributed by atoms with E-state index in [4.69, 9.17) is 0 Å². The van der Waals surface area contributed by atoms with Gasteiger partial charge in [-0.15, -0.1) is 0 Å². The zero-order valence-electron chi connectivity index (χ0n) is 17.2. The van der Waals surface area contributed by atoms with Crippen molar-refractivity contribution in [2.24, 2.45) is 0 Å². The van der Waals surface area contributed by atoms with Crippen LogP contribution in [0.15, 0.2) is 36.4 Å². The Hall–Kier alpha value is -2.82. The van der Waals surface area contributed by atoms with Gasteiger partial charge in [0.15, 0.2) is 0 Å². The highest BCUT2D eigenvalue weighted by Gasteiger charge is 2.28. The van der Waals surface area contributed by atoms with Gasteiger partial charge in [0.2, 0.25) is 0 Å². The first-order valence-electron chi connectivity index (χ1n) is 9.59. The summed E-state index contributed by atoms with van der Waals surface area (Å²) in [6.07, 6.45) is 0. The van der Waals surface area contributed by atoms with E-state index in [1.807, 2.05) is 32.3 Å². The summed E-state index contributed by atoms with van der Waals surface area (Å²) in [5.74, 6) is -1.83. The van der Waals surface area contributed by atoms with Crippen molar-refractivity contribution in [1.29, 1.82) is 0 Å². The zero-order chi connectivity index (χ0) is 21.2. The van der Waals surface area contributed by atoms with Gasteiger partial charge in [-0.1, -0.05) is 27.7 Å². The molecule has 0 spiro atoms. The van der Waals surface area contributed by atoms with Crippen LogP contribution >= 0.6 is 0 Å². The molecule has 0 aliphatic heterocycles. The van der Waals surface area contributed by atoms with E-state index in [0.29, 0.717) is 16.5 Å². The highest BCUT2D eigenvalue weighted by molar-refractivity contribution is 5.93. The Kier molecular flexibility index (Phi) is 6.49. The lowest BCUT2D eigenvalue weighted by molar-refractivity contribution is -0.138. The normalized spacial score (nSPS) is 12.0. The number of nitrogens with zero attached hydrogens (tertiary/aromatic N) is 1. The molecule has 0 fully saturated rings. The molecule has 0 amide bonds. The van der Waals surface area contributed by atoms with Crippen LogP contribution < -0.4 is 0 Å². The Morgan fingerprint density at radius 1 is 1.07 bits per heavy atom.